The first-order chi connectivity index (χ1) is 8.72. The molecule has 1 aliphatic rings. The third kappa shape index (κ3) is 3.41. The Hall–Kier alpha value is -0.690. The second-order valence-corrected chi connectivity index (χ2v) is 6.21. The summed E-state index contributed by atoms with van der Waals surface area (Å²) in [7, 11) is 0. The second-order valence-electron chi connectivity index (χ2n) is 4.67. The van der Waals surface area contributed by atoms with E-state index in [4.69, 9.17) is 16.9 Å². The van der Waals surface area contributed by atoms with Gasteiger partial charge in [0.15, 0.2) is 0 Å². The number of thioether (sulfide) groups is 1. The molecule has 0 saturated heterocycles. The maximum atomic E-state index is 8.79. The fourth-order valence-electron chi connectivity index (χ4n) is 2.35. The summed E-state index contributed by atoms with van der Waals surface area (Å²) in [6, 6.07) is 8.20. The van der Waals surface area contributed by atoms with Crippen LogP contribution < -0.4 is 5.32 Å². The number of nitriles is 1. The predicted octanol–water partition coefficient (Wildman–Crippen LogP) is 3.59. The number of benzene rings is 1. The normalized spacial score (nSPS) is 22.9. The number of halogens is 1. The quantitative estimate of drug-likeness (QED) is 0.916. The van der Waals surface area contributed by atoms with Gasteiger partial charge < -0.3 is 5.32 Å². The van der Waals surface area contributed by atoms with Gasteiger partial charge in [0.2, 0.25) is 0 Å². The molecule has 0 aliphatic heterocycles. The van der Waals surface area contributed by atoms with Crippen LogP contribution in [0, 0.1) is 11.3 Å². The van der Waals surface area contributed by atoms with Crippen LogP contribution in [-0.2, 0) is 6.54 Å². The molecule has 1 saturated carbocycles. The first-order valence-electron chi connectivity index (χ1n) is 6.17. The fraction of sp³-hybridized carbons (Fsp3) is 0.500. The molecule has 0 spiro atoms. The molecule has 0 heterocycles. The molecule has 18 heavy (non-hydrogen) atoms. The number of hydrogen-bond acceptors (Lipinski definition) is 3. The van der Waals surface area contributed by atoms with E-state index in [9.17, 15) is 0 Å². The van der Waals surface area contributed by atoms with Gasteiger partial charge in [-0.2, -0.15) is 17.0 Å². The van der Waals surface area contributed by atoms with E-state index in [1.165, 1.54) is 19.3 Å². The lowest BCUT2D eigenvalue weighted by molar-refractivity contribution is 0.525. The van der Waals surface area contributed by atoms with Crippen LogP contribution in [0.2, 0.25) is 5.02 Å². The Bertz CT molecular complexity index is 456. The van der Waals surface area contributed by atoms with Crippen molar-refractivity contribution in [2.45, 2.75) is 37.1 Å². The molecule has 2 rings (SSSR count). The Balaban J connectivity index is 1.89. The molecule has 4 heteroatoms. The van der Waals surface area contributed by atoms with Gasteiger partial charge in [-0.3, -0.25) is 0 Å². The smallest absolute Gasteiger partial charge is 0.0992 e. The minimum absolute atomic E-state index is 0.606. The molecule has 0 amide bonds. The van der Waals surface area contributed by atoms with Crippen LogP contribution in [0.25, 0.3) is 0 Å². The number of hydrogen-bond donors (Lipinski definition) is 1. The minimum Gasteiger partial charge on any atom is -0.310 e. The van der Waals surface area contributed by atoms with Gasteiger partial charge in [-0.05, 0) is 43.2 Å². The topological polar surface area (TPSA) is 35.8 Å². The largest absolute Gasteiger partial charge is 0.310 e. The average molecular weight is 281 g/mol. The van der Waals surface area contributed by atoms with Crippen LogP contribution in [0.1, 0.15) is 30.4 Å². The second kappa shape index (κ2) is 6.47. The van der Waals surface area contributed by atoms with Gasteiger partial charge in [0, 0.05) is 22.9 Å². The van der Waals surface area contributed by atoms with Crippen molar-refractivity contribution in [2.75, 3.05) is 6.26 Å². The Morgan fingerprint density at radius 1 is 1.50 bits per heavy atom. The summed E-state index contributed by atoms with van der Waals surface area (Å²) in [5.41, 5.74) is 1.69. The lowest BCUT2D eigenvalue weighted by atomic mass is 10.1. The van der Waals surface area contributed by atoms with Crippen molar-refractivity contribution in [3.8, 4) is 6.07 Å². The molecule has 1 aromatic rings. The predicted molar refractivity (Wildman–Crippen MR) is 77.9 cm³/mol. The highest BCUT2D eigenvalue weighted by Crippen LogP contribution is 2.28. The molecule has 1 N–H and O–H groups in total. The molecular weight excluding hydrogens is 264 g/mol. The highest BCUT2D eigenvalue weighted by Gasteiger charge is 2.23. The molecule has 2 nitrogen and oxygen atoms in total. The summed E-state index contributed by atoms with van der Waals surface area (Å²) in [5.74, 6) is 0. The van der Waals surface area contributed by atoms with Crippen LogP contribution in [0.4, 0.5) is 0 Å². The molecule has 0 aromatic heterocycles. The zero-order valence-corrected chi connectivity index (χ0v) is 12.0. The molecule has 0 bridgehead atoms. The van der Waals surface area contributed by atoms with E-state index < -0.39 is 0 Å². The van der Waals surface area contributed by atoms with Crippen LogP contribution >= 0.6 is 23.4 Å². The lowest BCUT2D eigenvalue weighted by Crippen LogP contribution is -2.26. The zero-order chi connectivity index (χ0) is 13.0. The highest BCUT2D eigenvalue weighted by molar-refractivity contribution is 7.99. The number of nitrogens with zero attached hydrogens (tertiary/aromatic N) is 1. The van der Waals surface area contributed by atoms with Crippen molar-refractivity contribution in [2.24, 2.45) is 0 Å². The van der Waals surface area contributed by atoms with Crippen molar-refractivity contribution < 1.29 is 0 Å². The van der Waals surface area contributed by atoms with E-state index in [1.807, 2.05) is 23.9 Å². The van der Waals surface area contributed by atoms with Crippen molar-refractivity contribution in [1.82, 2.24) is 5.32 Å². The van der Waals surface area contributed by atoms with Gasteiger partial charge in [-0.1, -0.05) is 17.7 Å². The number of nitrogens with one attached hydrogen (secondary N) is 1. The fourth-order valence-corrected chi connectivity index (χ4v) is 3.40. The van der Waals surface area contributed by atoms with E-state index in [-0.39, 0.29) is 0 Å². The summed E-state index contributed by atoms with van der Waals surface area (Å²) in [6.45, 7) is 0.788. The molecular formula is C14H17ClN2S. The van der Waals surface area contributed by atoms with Gasteiger partial charge in [-0.15, -0.1) is 0 Å². The van der Waals surface area contributed by atoms with Crippen molar-refractivity contribution in [3.05, 3.63) is 34.3 Å². The number of rotatable bonds is 4. The Labute approximate surface area is 118 Å². The summed E-state index contributed by atoms with van der Waals surface area (Å²) in [4.78, 5) is 0. The minimum atomic E-state index is 0.606. The van der Waals surface area contributed by atoms with Crippen molar-refractivity contribution in [3.63, 3.8) is 0 Å². The highest BCUT2D eigenvalue weighted by atomic mass is 35.5. The summed E-state index contributed by atoms with van der Waals surface area (Å²) < 4.78 is 0. The molecule has 2 unspecified atom stereocenters. The molecule has 96 valence electrons. The van der Waals surface area contributed by atoms with Crippen molar-refractivity contribution >= 4 is 23.4 Å². The summed E-state index contributed by atoms with van der Waals surface area (Å²) in [6.07, 6.45) is 5.99. The molecule has 1 aromatic carbocycles. The summed E-state index contributed by atoms with van der Waals surface area (Å²) >= 11 is 8.12. The lowest BCUT2D eigenvalue weighted by Gasteiger charge is -2.13. The van der Waals surface area contributed by atoms with E-state index in [0.717, 1.165) is 17.4 Å². The summed E-state index contributed by atoms with van der Waals surface area (Å²) in [5, 5.41) is 13.8. The van der Waals surface area contributed by atoms with E-state index in [0.29, 0.717) is 16.6 Å². The van der Waals surface area contributed by atoms with E-state index in [2.05, 4.69) is 17.6 Å². The Morgan fingerprint density at radius 2 is 2.33 bits per heavy atom. The Kier molecular flexibility index (Phi) is 4.94. The van der Waals surface area contributed by atoms with Gasteiger partial charge in [0.1, 0.15) is 0 Å². The van der Waals surface area contributed by atoms with Crippen LogP contribution in [0.3, 0.4) is 0 Å². The van der Waals surface area contributed by atoms with Gasteiger partial charge in [0.05, 0.1) is 11.6 Å². The van der Waals surface area contributed by atoms with Gasteiger partial charge >= 0.3 is 0 Å². The van der Waals surface area contributed by atoms with Gasteiger partial charge in [0.25, 0.3) is 0 Å². The third-order valence-corrected chi connectivity index (χ3v) is 4.93. The van der Waals surface area contributed by atoms with Crippen molar-refractivity contribution in [1.29, 1.82) is 5.26 Å². The maximum Gasteiger partial charge on any atom is 0.0992 e. The molecule has 2 atom stereocenters. The SMILES string of the molecule is CSC1CCC(NCc2ccc(C#N)cc2Cl)C1. The first-order valence-corrected chi connectivity index (χ1v) is 7.84. The van der Waals surface area contributed by atoms with E-state index >= 15 is 0 Å². The molecule has 0 radical (unpaired) electrons. The maximum absolute atomic E-state index is 8.79. The molecule has 1 fully saturated rings. The standard InChI is InChI=1S/C14H17ClN2S/c1-18-13-5-4-12(7-13)17-9-11-3-2-10(8-16)6-14(11)15/h2-3,6,12-13,17H,4-5,7,9H2,1H3. The van der Waals surface area contributed by atoms with E-state index in [1.54, 1.807) is 6.07 Å². The van der Waals surface area contributed by atoms with Gasteiger partial charge in [-0.25, -0.2) is 0 Å². The third-order valence-electron chi connectivity index (χ3n) is 3.48. The zero-order valence-electron chi connectivity index (χ0n) is 10.4. The van der Waals surface area contributed by atoms with Crippen LogP contribution in [0.15, 0.2) is 18.2 Å². The molecule has 1 aliphatic carbocycles. The monoisotopic (exact) mass is 280 g/mol. The first kappa shape index (κ1) is 13.7. The van der Waals surface area contributed by atoms with Crippen LogP contribution in [0.5, 0.6) is 0 Å². The Morgan fingerprint density at radius 3 is 2.94 bits per heavy atom. The van der Waals surface area contributed by atoms with Crippen LogP contribution in [-0.4, -0.2) is 17.5 Å². The average Bonchev–Trinajstić information content (AvgIpc) is 2.85.